The Morgan fingerprint density at radius 3 is 2.66 bits per heavy atom. The highest BCUT2D eigenvalue weighted by molar-refractivity contribution is 5.87. The number of benzene rings is 1. The molecule has 10 nitrogen and oxygen atoms in total. The SMILES string of the molecule is COCCN1CCN(C(=O)CCC(=O)[C@H]2CC(C)(C)[C@@H]2CCc2cnc(-c3cccc([N+](=O)[O-])c3)[nH]2)CC1. The number of piperazine rings is 1. The fourth-order valence-electron chi connectivity index (χ4n) is 5.90. The third-order valence-corrected chi connectivity index (χ3v) is 8.25. The number of carbonyl (C=O) groups is 2. The summed E-state index contributed by atoms with van der Waals surface area (Å²) in [7, 11) is 1.70. The molecule has 2 aromatic rings. The highest BCUT2D eigenvalue weighted by atomic mass is 16.6. The van der Waals surface area contributed by atoms with Crippen molar-refractivity contribution in [2.45, 2.75) is 46.0 Å². The Bertz CT molecular complexity index is 1140. The van der Waals surface area contributed by atoms with E-state index in [2.05, 4.69) is 28.7 Å². The number of hydrogen-bond donors (Lipinski definition) is 1. The Balaban J connectivity index is 1.26. The number of amides is 1. The van der Waals surface area contributed by atoms with Gasteiger partial charge in [-0.3, -0.25) is 24.6 Å². The topological polar surface area (TPSA) is 122 Å². The van der Waals surface area contributed by atoms with Crippen LogP contribution in [0.2, 0.25) is 0 Å². The third kappa shape index (κ3) is 6.66. The summed E-state index contributed by atoms with van der Waals surface area (Å²) in [5.74, 6) is 1.11. The first kappa shape index (κ1) is 27.9. The minimum atomic E-state index is -0.416. The molecule has 0 unspecified atom stereocenters. The predicted octanol–water partition coefficient (Wildman–Crippen LogP) is 3.72. The lowest BCUT2D eigenvalue weighted by Crippen LogP contribution is -2.50. The minimum absolute atomic E-state index is 0.0112. The molecule has 2 fully saturated rings. The zero-order valence-electron chi connectivity index (χ0n) is 22.6. The molecule has 38 heavy (non-hydrogen) atoms. The van der Waals surface area contributed by atoms with Gasteiger partial charge in [0.15, 0.2) is 0 Å². The molecule has 1 saturated carbocycles. The second kappa shape index (κ2) is 12.2. The quantitative estimate of drug-likeness (QED) is 0.331. The molecule has 1 N–H and O–H groups in total. The van der Waals surface area contributed by atoms with E-state index in [0.29, 0.717) is 37.5 Å². The van der Waals surface area contributed by atoms with Crippen LogP contribution < -0.4 is 0 Å². The molecular weight excluding hydrogens is 486 g/mol. The van der Waals surface area contributed by atoms with Crippen molar-refractivity contribution in [3.05, 3.63) is 46.3 Å². The Labute approximate surface area is 223 Å². The second-order valence-electron chi connectivity index (χ2n) is 11.2. The predicted molar refractivity (Wildman–Crippen MR) is 144 cm³/mol. The van der Waals surface area contributed by atoms with E-state index in [4.69, 9.17) is 4.74 Å². The number of H-pyrrole nitrogens is 1. The second-order valence-corrected chi connectivity index (χ2v) is 11.2. The van der Waals surface area contributed by atoms with Gasteiger partial charge in [0, 0.05) is 88.2 Å². The lowest BCUT2D eigenvalue weighted by Gasteiger charge is -2.51. The minimum Gasteiger partial charge on any atom is -0.383 e. The van der Waals surface area contributed by atoms with Crippen molar-refractivity contribution in [3.8, 4) is 11.4 Å². The van der Waals surface area contributed by atoms with Gasteiger partial charge in [-0.2, -0.15) is 0 Å². The van der Waals surface area contributed by atoms with E-state index < -0.39 is 4.92 Å². The van der Waals surface area contributed by atoms with Crippen LogP contribution in [0, 0.1) is 27.4 Å². The number of methoxy groups -OCH3 is 1. The summed E-state index contributed by atoms with van der Waals surface area (Å²) in [5, 5.41) is 11.1. The highest BCUT2D eigenvalue weighted by Crippen LogP contribution is 2.53. The van der Waals surface area contributed by atoms with Crippen LogP contribution in [0.3, 0.4) is 0 Å². The third-order valence-electron chi connectivity index (χ3n) is 8.25. The average molecular weight is 526 g/mol. The van der Waals surface area contributed by atoms with Crippen molar-refractivity contribution < 1.29 is 19.2 Å². The normalized spacial score (nSPS) is 21.2. The first-order chi connectivity index (χ1) is 18.2. The molecule has 2 aliphatic rings. The van der Waals surface area contributed by atoms with Crippen molar-refractivity contribution in [2.75, 3.05) is 46.4 Å². The van der Waals surface area contributed by atoms with Crippen molar-refractivity contribution >= 4 is 17.4 Å². The van der Waals surface area contributed by atoms with Crippen LogP contribution in [0.5, 0.6) is 0 Å². The van der Waals surface area contributed by atoms with Crippen LogP contribution in [0.1, 0.15) is 45.2 Å². The molecule has 10 heteroatoms. The lowest BCUT2D eigenvalue weighted by molar-refractivity contribution is -0.384. The number of carbonyl (C=O) groups excluding carboxylic acids is 2. The maximum atomic E-state index is 13.1. The summed E-state index contributed by atoms with van der Waals surface area (Å²) >= 11 is 0. The monoisotopic (exact) mass is 525 g/mol. The fourth-order valence-corrected chi connectivity index (χ4v) is 5.90. The number of rotatable bonds is 12. The number of imidazole rings is 1. The van der Waals surface area contributed by atoms with Crippen molar-refractivity contribution in [3.63, 3.8) is 0 Å². The largest absolute Gasteiger partial charge is 0.383 e. The number of ketones is 1. The van der Waals surface area contributed by atoms with E-state index >= 15 is 0 Å². The number of Topliss-reactive ketones (excluding diaryl/α,β-unsaturated/α-hetero) is 1. The van der Waals surface area contributed by atoms with E-state index in [9.17, 15) is 19.7 Å². The van der Waals surface area contributed by atoms with E-state index in [1.807, 2.05) is 4.90 Å². The Morgan fingerprint density at radius 2 is 1.97 bits per heavy atom. The standard InChI is InChI=1S/C28H39N5O5/c1-28(2)18-23(25(34)9-10-26(35)32-13-11-31(12-14-32)15-16-38-3)24(28)8-7-21-19-29-27(30-21)20-5-4-6-22(17-20)33(36)37/h4-6,17,19,23-24H,7-16,18H2,1-3H3,(H,29,30)/t23-,24+/m0/s1. The van der Waals surface area contributed by atoms with Gasteiger partial charge >= 0.3 is 0 Å². The number of ether oxygens (including phenoxy) is 1. The summed E-state index contributed by atoms with van der Waals surface area (Å²) < 4.78 is 5.13. The molecule has 4 rings (SSSR count). The maximum Gasteiger partial charge on any atom is 0.270 e. The number of nitro benzene ring substituents is 1. The number of aryl methyl sites for hydroxylation is 1. The van der Waals surface area contributed by atoms with Crippen LogP contribution in [0.15, 0.2) is 30.5 Å². The fraction of sp³-hybridized carbons (Fsp3) is 0.607. The first-order valence-electron chi connectivity index (χ1n) is 13.5. The maximum absolute atomic E-state index is 13.1. The van der Waals surface area contributed by atoms with Gasteiger partial charge in [0.25, 0.3) is 5.69 Å². The van der Waals surface area contributed by atoms with Gasteiger partial charge in [-0.05, 0) is 30.6 Å². The number of nitrogens with one attached hydrogen (secondary N) is 1. The van der Waals surface area contributed by atoms with Gasteiger partial charge in [0.05, 0.1) is 11.5 Å². The molecule has 1 aliphatic heterocycles. The molecule has 1 aromatic heterocycles. The molecule has 206 valence electrons. The molecule has 0 spiro atoms. The number of nitrogens with zero attached hydrogens (tertiary/aromatic N) is 4. The van der Waals surface area contributed by atoms with Crippen molar-refractivity contribution in [1.82, 2.24) is 19.8 Å². The van der Waals surface area contributed by atoms with Crippen LogP contribution >= 0.6 is 0 Å². The number of nitro groups is 1. The molecule has 1 aliphatic carbocycles. The molecule has 1 saturated heterocycles. The van der Waals surface area contributed by atoms with E-state index in [-0.39, 0.29) is 41.0 Å². The average Bonchev–Trinajstić information content (AvgIpc) is 3.38. The summed E-state index contributed by atoms with van der Waals surface area (Å²) in [4.78, 5) is 48.4. The van der Waals surface area contributed by atoms with Crippen LogP contribution in [-0.4, -0.2) is 82.8 Å². The van der Waals surface area contributed by atoms with E-state index in [1.54, 1.807) is 25.4 Å². The van der Waals surface area contributed by atoms with Crippen LogP contribution in [-0.2, 0) is 20.7 Å². The lowest BCUT2D eigenvalue weighted by atomic mass is 9.53. The molecular formula is C28H39N5O5. The number of non-ortho nitro benzene ring substituents is 1. The molecule has 0 radical (unpaired) electrons. The zero-order chi connectivity index (χ0) is 27.3. The molecule has 2 atom stereocenters. The Hall–Kier alpha value is -3.11. The van der Waals surface area contributed by atoms with Crippen LogP contribution in [0.25, 0.3) is 11.4 Å². The smallest absolute Gasteiger partial charge is 0.270 e. The molecule has 0 bridgehead atoms. The highest BCUT2D eigenvalue weighted by Gasteiger charge is 2.49. The Kier molecular flexibility index (Phi) is 8.94. The molecule has 1 aromatic carbocycles. The van der Waals surface area contributed by atoms with Gasteiger partial charge < -0.3 is 14.6 Å². The van der Waals surface area contributed by atoms with E-state index in [1.165, 1.54) is 12.1 Å². The Morgan fingerprint density at radius 1 is 1.21 bits per heavy atom. The zero-order valence-corrected chi connectivity index (χ0v) is 22.6. The van der Waals surface area contributed by atoms with Gasteiger partial charge in [0.1, 0.15) is 11.6 Å². The van der Waals surface area contributed by atoms with Crippen molar-refractivity contribution in [2.24, 2.45) is 17.3 Å². The number of aromatic nitrogens is 2. The van der Waals surface area contributed by atoms with Gasteiger partial charge in [-0.15, -0.1) is 0 Å². The van der Waals surface area contributed by atoms with Gasteiger partial charge in [-0.1, -0.05) is 26.0 Å². The van der Waals surface area contributed by atoms with Gasteiger partial charge in [0.2, 0.25) is 5.91 Å². The summed E-state index contributed by atoms with van der Waals surface area (Å²) in [6, 6.07) is 6.41. The first-order valence-corrected chi connectivity index (χ1v) is 13.5. The summed E-state index contributed by atoms with van der Waals surface area (Å²) in [6.07, 6.45) is 4.80. The molecule has 1 amide bonds. The van der Waals surface area contributed by atoms with E-state index in [0.717, 1.165) is 44.6 Å². The number of hydrogen-bond acceptors (Lipinski definition) is 7. The molecule has 2 heterocycles. The summed E-state index contributed by atoms with van der Waals surface area (Å²) in [5.41, 5.74) is 1.72. The van der Waals surface area contributed by atoms with Crippen LogP contribution in [0.4, 0.5) is 5.69 Å². The van der Waals surface area contributed by atoms with Crippen molar-refractivity contribution in [1.29, 1.82) is 0 Å². The summed E-state index contributed by atoms with van der Waals surface area (Å²) in [6.45, 7) is 9.09. The number of aromatic amines is 1. The van der Waals surface area contributed by atoms with Gasteiger partial charge in [-0.25, -0.2) is 4.98 Å².